The number of hydrogen-bond acceptors (Lipinski definition) is 7. The maximum Gasteiger partial charge on any atom is 0.342 e. The minimum absolute atomic E-state index is 0.0369. The number of aromatic amines is 2. The molecule has 0 aromatic carbocycles. The average Bonchev–Trinajstić information content (AvgIpc) is 2.33. The zero-order valence-corrected chi connectivity index (χ0v) is 11.6. The predicted octanol–water partition coefficient (Wildman–Crippen LogP) is 0.0571. The SMILES string of the molecule is CC1(C)CC(=O)C(/C=N/Nc2n[nH]c(=O)[nH]c2=O)=C(O)C1. The number of carbonyl (C=O) groups excluding carboxylic acids is 1. The van der Waals surface area contributed by atoms with Gasteiger partial charge in [0.1, 0.15) is 5.76 Å². The monoisotopic (exact) mass is 293 g/mol. The van der Waals surface area contributed by atoms with E-state index < -0.39 is 11.2 Å². The highest BCUT2D eigenvalue weighted by atomic mass is 16.3. The third-order valence-corrected chi connectivity index (χ3v) is 2.97. The van der Waals surface area contributed by atoms with E-state index >= 15 is 0 Å². The molecular weight excluding hydrogens is 278 g/mol. The maximum absolute atomic E-state index is 11.9. The summed E-state index contributed by atoms with van der Waals surface area (Å²) in [7, 11) is 0. The number of nitrogens with one attached hydrogen (secondary N) is 3. The number of carbonyl (C=O) groups is 1. The number of H-pyrrole nitrogens is 2. The van der Waals surface area contributed by atoms with Crippen LogP contribution in [0.4, 0.5) is 5.82 Å². The quantitative estimate of drug-likeness (QED) is 0.458. The Morgan fingerprint density at radius 3 is 2.67 bits per heavy atom. The Morgan fingerprint density at radius 1 is 1.33 bits per heavy atom. The molecule has 0 spiro atoms. The zero-order valence-electron chi connectivity index (χ0n) is 11.6. The predicted molar refractivity (Wildman–Crippen MR) is 75.3 cm³/mol. The molecule has 1 aromatic heterocycles. The Kier molecular flexibility index (Phi) is 3.74. The van der Waals surface area contributed by atoms with E-state index in [4.69, 9.17) is 0 Å². The van der Waals surface area contributed by atoms with Crippen LogP contribution in [0.15, 0.2) is 26.0 Å². The Labute approximate surface area is 118 Å². The third kappa shape index (κ3) is 3.44. The van der Waals surface area contributed by atoms with Crippen molar-refractivity contribution < 1.29 is 9.90 Å². The van der Waals surface area contributed by atoms with Gasteiger partial charge in [-0.2, -0.15) is 5.10 Å². The van der Waals surface area contributed by atoms with E-state index in [0.717, 1.165) is 6.21 Å². The first kappa shape index (κ1) is 14.7. The van der Waals surface area contributed by atoms with E-state index in [0.29, 0.717) is 12.8 Å². The van der Waals surface area contributed by atoms with Crippen LogP contribution in [-0.4, -0.2) is 32.3 Å². The van der Waals surface area contributed by atoms with Crippen LogP contribution in [0.5, 0.6) is 0 Å². The molecule has 1 heterocycles. The van der Waals surface area contributed by atoms with E-state index in [1.54, 1.807) is 0 Å². The largest absolute Gasteiger partial charge is 0.511 e. The molecular formula is C12H15N5O4. The maximum atomic E-state index is 11.9. The minimum atomic E-state index is -0.745. The van der Waals surface area contributed by atoms with Gasteiger partial charge in [-0.25, -0.2) is 9.89 Å². The molecule has 4 N–H and O–H groups in total. The molecule has 9 heteroatoms. The molecule has 2 rings (SSSR count). The fourth-order valence-corrected chi connectivity index (χ4v) is 2.03. The number of anilines is 1. The smallest absolute Gasteiger partial charge is 0.342 e. The summed E-state index contributed by atoms with van der Waals surface area (Å²) in [6, 6.07) is 0. The summed E-state index contributed by atoms with van der Waals surface area (Å²) in [4.78, 5) is 36.0. The van der Waals surface area contributed by atoms with Gasteiger partial charge in [0.2, 0.25) is 5.82 Å². The molecule has 1 aromatic rings. The van der Waals surface area contributed by atoms with E-state index in [1.165, 1.54) is 0 Å². The summed E-state index contributed by atoms with van der Waals surface area (Å²) in [6.07, 6.45) is 1.81. The minimum Gasteiger partial charge on any atom is -0.511 e. The molecule has 0 amide bonds. The zero-order chi connectivity index (χ0) is 15.6. The van der Waals surface area contributed by atoms with Crippen molar-refractivity contribution in [3.63, 3.8) is 0 Å². The van der Waals surface area contributed by atoms with Crippen molar-refractivity contribution in [2.75, 3.05) is 5.43 Å². The molecule has 0 saturated heterocycles. The summed E-state index contributed by atoms with van der Waals surface area (Å²) in [5.74, 6) is -0.489. The average molecular weight is 293 g/mol. The number of hydrazone groups is 1. The van der Waals surface area contributed by atoms with Crippen LogP contribution in [0.2, 0.25) is 0 Å². The second-order valence-electron chi connectivity index (χ2n) is 5.53. The molecule has 0 bridgehead atoms. The molecule has 0 unspecified atom stereocenters. The summed E-state index contributed by atoms with van der Waals surface area (Å²) < 4.78 is 0. The number of aliphatic hydroxyl groups is 1. The van der Waals surface area contributed by atoms with Gasteiger partial charge >= 0.3 is 5.69 Å². The number of aliphatic hydroxyl groups excluding tert-OH is 1. The molecule has 0 aliphatic heterocycles. The van der Waals surface area contributed by atoms with Gasteiger partial charge in [0.25, 0.3) is 5.56 Å². The number of Topliss-reactive ketones (excluding diaryl/α,β-unsaturated/α-hetero) is 1. The summed E-state index contributed by atoms with van der Waals surface area (Å²) in [6.45, 7) is 3.77. The Hall–Kier alpha value is -2.71. The number of allylic oxidation sites excluding steroid dienone is 2. The number of ketones is 1. The van der Waals surface area contributed by atoms with Crippen LogP contribution >= 0.6 is 0 Å². The first-order valence-electron chi connectivity index (χ1n) is 6.22. The second-order valence-corrected chi connectivity index (χ2v) is 5.53. The van der Waals surface area contributed by atoms with Gasteiger partial charge < -0.3 is 5.11 Å². The Morgan fingerprint density at radius 2 is 2.05 bits per heavy atom. The Balaban J connectivity index is 2.16. The highest BCUT2D eigenvalue weighted by Crippen LogP contribution is 2.34. The van der Waals surface area contributed by atoms with Gasteiger partial charge in [-0.05, 0) is 5.41 Å². The van der Waals surface area contributed by atoms with Crippen LogP contribution in [-0.2, 0) is 4.79 Å². The van der Waals surface area contributed by atoms with Gasteiger partial charge in [0.15, 0.2) is 5.78 Å². The van der Waals surface area contributed by atoms with Gasteiger partial charge in [0.05, 0.1) is 11.8 Å². The molecule has 0 fully saturated rings. The Bertz CT molecular complexity index is 741. The molecule has 112 valence electrons. The third-order valence-electron chi connectivity index (χ3n) is 2.97. The van der Waals surface area contributed by atoms with Gasteiger partial charge in [-0.1, -0.05) is 13.8 Å². The van der Waals surface area contributed by atoms with Crippen molar-refractivity contribution in [3.05, 3.63) is 32.2 Å². The molecule has 1 aliphatic rings. The van der Waals surface area contributed by atoms with E-state index in [-0.39, 0.29) is 28.3 Å². The molecule has 0 radical (unpaired) electrons. The van der Waals surface area contributed by atoms with Crippen molar-refractivity contribution in [2.45, 2.75) is 26.7 Å². The van der Waals surface area contributed by atoms with Gasteiger partial charge in [-0.15, -0.1) is 5.10 Å². The first-order valence-corrected chi connectivity index (χ1v) is 6.22. The van der Waals surface area contributed by atoms with Gasteiger partial charge in [0, 0.05) is 12.8 Å². The number of rotatable bonds is 3. The summed E-state index contributed by atoms with van der Waals surface area (Å²) in [5.41, 5.74) is 0.626. The summed E-state index contributed by atoms with van der Waals surface area (Å²) in [5, 5.41) is 19.0. The fourth-order valence-electron chi connectivity index (χ4n) is 2.03. The summed E-state index contributed by atoms with van der Waals surface area (Å²) >= 11 is 0. The van der Waals surface area contributed by atoms with Crippen molar-refractivity contribution in [3.8, 4) is 0 Å². The van der Waals surface area contributed by atoms with Gasteiger partial charge in [-0.3, -0.25) is 20.0 Å². The molecule has 9 nitrogen and oxygen atoms in total. The number of hydrogen-bond donors (Lipinski definition) is 4. The lowest BCUT2D eigenvalue weighted by Gasteiger charge is -2.28. The fraction of sp³-hybridized carbons (Fsp3) is 0.417. The van der Waals surface area contributed by atoms with E-state index in [9.17, 15) is 19.5 Å². The standard InChI is InChI=1S/C12H15N5O4/c1-12(2)3-7(18)6(8(19)4-12)5-13-15-9-10(20)14-11(21)17-16-9/h5,18H,3-4H2,1-2H3,(H,15,16)(H2,14,17,20,21)/b13-5+. The molecule has 0 atom stereocenters. The number of nitrogens with zero attached hydrogens (tertiary/aromatic N) is 2. The van der Waals surface area contributed by atoms with Crippen LogP contribution in [0, 0.1) is 5.41 Å². The van der Waals surface area contributed by atoms with Crippen LogP contribution < -0.4 is 16.7 Å². The van der Waals surface area contributed by atoms with Crippen molar-refractivity contribution in [2.24, 2.45) is 10.5 Å². The van der Waals surface area contributed by atoms with Crippen LogP contribution in [0.3, 0.4) is 0 Å². The second kappa shape index (κ2) is 5.35. The van der Waals surface area contributed by atoms with Crippen molar-refractivity contribution in [1.29, 1.82) is 0 Å². The first-order chi connectivity index (χ1) is 9.78. The van der Waals surface area contributed by atoms with Crippen molar-refractivity contribution in [1.82, 2.24) is 15.2 Å². The molecule has 21 heavy (non-hydrogen) atoms. The highest BCUT2D eigenvalue weighted by Gasteiger charge is 2.32. The normalized spacial score (nSPS) is 18.3. The van der Waals surface area contributed by atoms with Crippen LogP contribution in [0.1, 0.15) is 26.7 Å². The highest BCUT2D eigenvalue weighted by molar-refractivity contribution is 6.14. The molecule has 1 aliphatic carbocycles. The molecule has 0 saturated carbocycles. The van der Waals surface area contributed by atoms with Crippen LogP contribution in [0.25, 0.3) is 0 Å². The lowest BCUT2D eigenvalue weighted by Crippen LogP contribution is -2.27. The lowest BCUT2D eigenvalue weighted by atomic mass is 9.77. The van der Waals surface area contributed by atoms with E-state index in [2.05, 4.69) is 15.6 Å². The van der Waals surface area contributed by atoms with E-state index in [1.807, 2.05) is 23.9 Å². The van der Waals surface area contributed by atoms with Crippen molar-refractivity contribution >= 4 is 17.8 Å². The number of aromatic nitrogens is 3. The lowest BCUT2D eigenvalue weighted by molar-refractivity contribution is -0.117. The topological polar surface area (TPSA) is 140 Å².